The van der Waals surface area contributed by atoms with Gasteiger partial charge in [0.15, 0.2) is 0 Å². The standard InChI is InChI=1S/C15H15N3O2/c1-9(2)7-18-8-16-13-12(17-20)10-5-3-4-6-11(10)15(19)14(13)18/h3-6,8-9,20H,7H2,1-2H3/b17-12+. The van der Waals surface area contributed by atoms with Crippen molar-refractivity contribution in [3.8, 4) is 0 Å². The first kappa shape index (κ1) is 12.6. The van der Waals surface area contributed by atoms with E-state index in [0.717, 1.165) is 0 Å². The molecule has 0 unspecified atom stereocenters. The fourth-order valence-corrected chi connectivity index (χ4v) is 2.57. The van der Waals surface area contributed by atoms with Gasteiger partial charge >= 0.3 is 0 Å². The quantitative estimate of drug-likeness (QED) is 0.573. The summed E-state index contributed by atoms with van der Waals surface area (Å²) in [5, 5.41) is 12.6. The largest absolute Gasteiger partial charge is 0.410 e. The smallest absolute Gasteiger partial charge is 0.212 e. The van der Waals surface area contributed by atoms with E-state index in [2.05, 4.69) is 24.0 Å². The molecule has 0 aliphatic heterocycles. The number of rotatable bonds is 2. The molecule has 0 atom stereocenters. The van der Waals surface area contributed by atoms with Crippen molar-refractivity contribution in [2.45, 2.75) is 20.4 Å². The van der Waals surface area contributed by atoms with E-state index in [-0.39, 0.29) is 5.78 Å². The zero-order valence-electron chi connectivity index (χ0n) is 11.4. The molecule has 0 radical (unpaired) electrons. The van der Waals surface area contributed by atoms with Crippen molar-refractivity contribution < 1.29 is 10.0 Å². The maximum atomic E-state index is 12.6. The predicted molar refractivity (Wildman–Crippen MR) is 74.4 cm³/mol. The first-order chi connectivity index (χ1) is 9.63. The molecule has 1 heterocycles. The number of carbonyl (C=O) groups is 1. The molecule has 5 nitrogen and oxygen atoms in total. The molecule has 1 aliphatic carbocycles. The lowest BCUT2D eigenvalue weighted by atomic mass is 9.89. The summed E-state index contributed by atoms with van der Waals surface area (Å²) >= 11 is 0. The number of hydrogen-bond donors (Lipinski definition) is 1. The number of ketones is 1. The van der Waals surface area contributed by atoms with E-state index < -0.39 is 0 Å². The Morgan fingerprint density at radius 2 is 2.00 bits per heavy atom. The van der Waals surface area contributed by atoms with Gasteiger partial charge in [0.25, 0.3) is 0 Å². The molecule has 5 heteroatoms. The van der Waals surface area contributed by atoms with E-state index in [1.54, 1.807) is 24.5 Å². The Morgan fingerprint density at radius 3 is 2.65 bits per heavy atom. The predicted octanol–water partition coefficient (Wildman–Crippen LogP) is 2.31. The van der Waals surface area contributed by atoms with E-state index in [1.165, 1.54) is 0 Å². The first-order valence-corrected chi connectivity index (χ1v) is 6.55. The summed E-state index contributed by atoms with van der Waals surface area (Å²) < 4.78 is 1.84. The van der Waals surface area contributed by atoms with E-state index in [0.29, 0.717) is 40.7 Å². The highest BCUT2D eigenvalue weighted by atomic mass is 16.4. The third-order valence-electron chi connectivity index (χ3n) is 3.37. The van der Waals surface area contributed by atoms with Crippen LogP contribution in [0.1, 0.15) is 41.2 Å². The molecule has 0 saturated carbocycles. The van der Waals surface area contributed by atoms with Crippen LogP contribution >= 0.6 is 0 Å². The molecule has 0 saturated heterocycles. The lowest BCUT2D eigenvalue weighted by molar-refractivity contribution is 0.102. The topological polar surface area (TPSA) is 67.5 Å². The van der Waals surface area contributed by atoms with Crippen molar-refractivity contribution in [3.63, 3.8) is 0 Å². The zero-order chi connectivity index (χ0) is 14.3. The highest BCUT2D eigenvalue weighted by Crippen LogP contribution is 2.27. The zero-order valence-corrected chi connectivity index (χ0v) is 11.4. The monoisotopic (exact) mass is 269 g/mol. The number of benzene rings is 1. The average molecular weight is 269 g/mol. The molecule has 1 aliphatic rings. The van der Waals surface area contributed by atoms with Crippen LogP contribution in [0, 0.1) is 5.92 Å². The summed E-state index contributed by atoms with van der Waals surface area (Å²) in [4.78, 5) is 16.9. The summed E-state index contributed by atoms with van der Waals surface area (Å²) in [6.45, 7) is 4.86. The molecular formula is C15H15N3O2. The highest BCUT2D eigenvalue weighted by Gasteiger charge is 2.32. The molecule has 1 aromatic carbocycles. The summed E-state index contributed by atoms with van der Waals surface area (Å²) in [6, 6.07) is 7.14. The van der Waals surface area contributed by atoms with Gasteiger partial charge in [0.05, 0.1) is 6.33 Å². The molecule has 20 heavy (non-hydrogen) atoms. The van der Waals surface area contributed by atoms with Gasteiger partial charge in [-0.25, -0.2) is 4.98 Å². The minimum atomic E-state index is -0.0684. The van der Waals surface area contributed by atoms with Crippen molar-refractivity contribution >= 4 is 11.5 Å². The van der Waals surface area contributed by atoms with Gasteiger partial charge in [-0.05, 0) is 5.92 Å². The Morgan fingerprint density at radius 1 is 1.30 bits per heavy atom. The molecule has 0 fully saturated rings. The van der Waals surface area contributed by atoms with Crippen LogP contribution in [-0.2, 0) is 6.54 Å². The number of fused-ring (bicyclic) bond motifs is 2. The van der Waals surface area contributed by atoms with Gasteiger partial charge in [0.1, 0.15) is 17.1 Å². The maximum Gasteiger partial charge on any atom is 0.212 e. The molecule has 0 spiro atoms. The van der Waals surface area contributed by atoms with Crippen LogP contribution in [0.3, 0.4) is 0 Å². The minimum absolute atomic E-state index is 0.0684. The van der Waals surface area contributed by atoms with Crippen molar-refractivity contribution in [1.29, 1.82) is 0 Å². The molecule has 102 valence electrons. The van der Waals surface area contributed by atoms with E-state index >= 15 is 0 Å². The van der Waals surface area contributed by atoms with Gasteiger partial charge < -0.3 is 9.77 Å². The summed E-state index contributed by atoms with van der Waals surface area (Å²) in [7, 11) is 0. The first-order valence-electron chi connectivity index (χ1n) is 6.55. The Labute approximate surface area is 116 Å². The fourth-order valence-electron chi connectivity index (χ4n) is 2.57. The molecule has 2 aromatic rings. The van der Waals surface area contributed by atoms with Crippen LogP contribution in [0.15, 0.2) is 35.7 Å². The molecular weight excluding hydrogens is 254 g/mol. The fraction of sp³-hybridized carbons (Fsp3) is 0.267. The Hall–Kier alpha value is -2.43. The minimum Gasteiger partial charge on any atom is -0.410 e. The molecule has 3 rings (SSSR count). The van der Waals surface area contributed by atoms with Gasteiger partial charge in [0.2, 0.25) is 5.78 Å². The van der Waals surface area contributed by atoms with E-state index in [1.807, 2.05) is 10.6 Å². The van der Waals surface area contributed by atoms with Crippen LogP contribution in [0.4, 0.5) is 0 Å². The Balaban J connectivity index is 2.22. The molecule has 0 amide bonds. The summed E-state index contributed by atoms with van der Waals surface area (Å²) in [5.41, 5.74) is 2.50. The second-order valence-electron chi connectivity index (χ2n) is 5.31. The number of oxime groups is 1. The lowest BCUT2D eigenvalue weighted by Gasteiger charge is -2.18. The SMILES string of the molecule is CC(C)Cn1cnc2c1C(=O)c1ccccc1/C2=N\O. The van der Waals surface area contributed by atoms with Gasteiger partial charge in [-0.1, -0.05) is 43.3 Å². The average Bonchev–Trinajstić information content (AvgIpc) is 2.83. The van der Waals surface area contributed by atoms with Crippen LogP contribution in [0.25, 0.3) is 0 Å². The Kier molecular flexibility index (Phi) is 2.89. The van der Waals surface area contributed by atoms with Crippen LogP contribution in [-0.4, -0.2) is 26.3 Å². The molecule has 1 N–H and O–H groups in total. The van der Waals surface area contributed by atoms with Crippen LogP contribution in [0.2, 0.25) is 0 Å². The van der Waals surface area contributed by atoms with Crippen LogP contribution < -0.4 is 0 Å². The van der Waals surface area contributed by atoms with Crippen molar-refractivity contribution in [2.24, 2.45) is 11.1 Å². The number of imidazole rings is 1. The van der Waals surface area contributed by atoms with Crippen molar-refractivity contribution in [1.82, 2.24) is 9.55 Å². The normalized spacial score (nSPS) is 15.6. The third kappa shape index (κ3) is 1.74. The maximum absolute atomic E-state index is 12.6. The van der Waals surface area contributed by atoms with Crippen LogP contribution in [0.5, 0.6) is 0 Å². The van der Waals surface area contributed by atoms with Gasteiger partial charge in [-0.3, -0.25) is 4.79 Å². The number of nitrogens with zero attached hydrogens (tertiary/aromatic N) is 3. The van der Waals surface area contributed by atoms with Gasteiger partial charge in [0, 0.05) is 17.7 Å². The number of carbonyl (C=O) groups excluding carboxylic acids is 1. The number of aromatic nitrogens is 2. The van der Waals surface area contributed by atoms with Crippen molar-refractivity contribution in [2.75, 3.05) is 0 Å². The Bertz CT molecular complexity index is 714. The second-order valence-corrected chi connectivity index (χ2v) is 5.31. The summed E-state index contributed by atoms with van der Waals surface area (Å²) in [6.07, 6.45) is 1.64. The second kappa shape index (κ2) is 4.59. The van der Waals surface area contributed by atoms with E-state index in [4.69, 9.17) is 0 Å². The van der Waals surface area contributed by atoms with Gasteiger partial charge in [-0.2, -0.15) is 0 Å². The lowest BCUT2D eigenvalue weighted by Crippen LogP contribution is -2.24. The third-order valence-corrected chi connectivity index (χ3v) is 3.37. The molecule has 1 aromatic heterocycles. The summed E-state index contributed by atoms with van der Waals surface area (Å²) in [5.74, 6) is 0.328. The number of hydrogen-bond acceptors (Lipinski definition) is 4. The van der Waals surface area contributed by atoms with Gasteiger partial charge in [-0.15, -0.1) is 0 Å². The van der Waals surface area contributed by atoms with Crippen molar-refractivity contribution in [3.05, 3.63) is 53.1 Å². The highest BCUT2D eigenvalue weighted by molar-refractivity contribution is 6.28. The van der Waals surface area contributed by atoms with E-state index in [9.17, 15) is 10.0 Å². The molecule has 0 bridgehead atoms.